The summed E-state index contributed by atoms with van der Waals surface area (Å²) in [7, 11) is 1.95. The molecule has 1 aromatic rings. The van der Waals surface area contributed by atoms with Gasteiger partial charge in [-0.25, -0.2) is 0 Å². The molecule has 2 rings (SSSR count). The van der Waals surface area contributed by atoms with Gasteiger partial charge in [-0.15, -0.1) is 0 Å². The Morgan fingerprint density at radius 3 is 2.69 bits per heavy atom. The van der Waals surface area contributed by atoms with Crippen LogP contribution in [-0.2, 0) is 13.6 Å². The van der Waals surface area contributed by atoms with E-state index in [1.54, 1.807) is 0 Å². The summed E-state index contributed by atoms with van der Waals surface area (Å²) in [6.07, 6.45) is 3.91. The molecule has 0 bridgehead atoms. The van der Waals surface area contributed by atoms with Crippen LogP contribution < -0.4 is 5.32 Å². The topological polar surface area (TPSA) is 17.0 Å². The van der Waals surface area contributed by atoms with Crippen molar-refractivity contribution in [3.05, 3.63) is 21.9 Å². The molecule has 0 amide bonds. The van der Waals surface area contributed by atoms with E-state index in [-0.39, 0.29) is 0 Å². The zero-order chi connectivity index (χ0) is 11.7. The van der Waals surface area contributed by atoms with Crippen LogP contribution in [0, 0.1) is 5.92 Å². The second-order valence-corrected chi connectivity index (χ2v) is 5.59. The molecule has 1 aromatic heterocycles. The van der Waals surface area contributed by atoms with Crippen LogP contribution in [0.2, 0.25) is 10.2 Å². The smallest absolute Gasteiger partial charge is 0.127 e. The molecule has 0 aromatic carbocycles. The van der Waals surface area contributed by atoms with Gasteiger partial charge in [-0.3, -0.25) is 0 Å². The molecule has 0 spiro atoms. The summed E-state index contributed by atoms with van der Waals surface area (Å²) in [5.74, 6) is 0.859. The Labute approximate surface area is 107 Å². The zero-order valence-electron chi connectivity index (χ0n) is 9.76. The predicted octanol–water partition coefficient (Wildman–Crippen LogP) is 3.61. The molecule has 1 aliphatic carbocycles. The first-order valence-electron chi connectivity index (χ1n) is 5.81. The lowest BCUT2D eigenvalue weighted by atomic mass is 10.1. The van der Waals surface area contributed by atoms with Gasteiger partial charge in [-0.2, -0.15) is 0 Å². The predicted molar refractivity (Wildman–Crippen MR) is 69.1 cm³/mol. The fraction of sp³-hybridized carbons (Fsp3) is 0.667. The molecule has 1 heterocycles. The van der Waals surface area contributed by atoms with Gasteiger partial charge in [0.05, 0.1) is 5.02 Å². The Kier molecular flexibility index (Phi) is 3.83. The van der Waals surface area contributed by atoms with Crippen LogP contribution in [0.4, 0.5) is 0 Å². The average Bonchev–Trinajstić information content (AvgIpc) is 2.76. The summed E-state index contributed by atoms with van der Waals surface area (Å²) >= 11 is 12.0. The summed E-state index contributed by atoms with van der Waals surface area (Å²) in [5.41, 5.74) is 1.15. The van der Waals surface area contributed by atoms with Crippen molar-refractivity contribution < 1.29 is 0 Å². The number of hydrogen-bond donors (Lipinski definition) is 1. The number of halogens is 2. The van der Waals surface area contributed by atoms with E-state index in [4.69, 9.17) is 23.2 Å². The molecule has 0 aliphatic heterocycles. The van der Waals surface area contributed by atoms with Gasteiger partial charge >= 0.3 is 0 Å². The van der Waals surface area contributed by atoms with Gasteiger partial charge in [-0.1, -0.05) is 30.1 Å². The molecular weight excluding hydrogens is 243 g/mol. The lowest BCUT2D eigenvalue weighted by Crippen LogP contribution is -2.26. The van der Waals surface area contributed by atoms with E-state index in [9.17, 15) is 0 Å². The average molecular weight is 261 g/mol. The molecule has 2 atom stereocenters. The van der Waals surface area contributed by atoms with E-state index < -0.39 is 0 Å². The minimum Gasteiger partial charge on any atom is -0.336 e. The molecule has 0 saturated heterocycles. The third-order valence-electron chi connectivity index (χ3n) is 3.48. The number of nitrogens with one attached hydrogen (secondary N) is 1. The third kappa shape index (κ3) is 2.55. The molecular formula is C12H18Cl2N2. The third-order valence-corrected chi connectivity index (χ3v) is 4.32. The number of rotatable bonds is 3. The van der Waals surface area contributed by atoms with E-state index in [1.165, 1.54) is 19.3 Å². The first-order chi connectivity index (χ1) is 7.58. The van der Waals surface area contributed by atoms with Crippen LogP contribution in [-0.4, -0.2) is 10.6 Å². The second-order valence-electron chi connectivity index (χ2n) is 4.83. The van der Waals surface area contributed by atoms with Crippen molar-refractivity contribution in [1.82, 2.24) is 9.88 Å². The highest BCUT2D eigenvalue weighted by atomic mass is 35.5. The normalized spacial score (nSPS) is 25.2. The van der Waals surface area contributed by atoms with Gasteiger partial charge in [-0.05, 0) is 31.2 Å². The van der Waals surface area contributed by atoms with Crippen molar-refractivity contribution in [2.45, 2.75) is 38.8 Å². The summed E-state index contributed by atoms with van der Waals surface area (Å²) in [6.45, 7) is 3.16. The maximum absolute atomic E-state index is 6.02. The van der Waals surface area contributed by atoms with Crippen molar-refractivity contribution in [3.8, 4) is 0 Å². The summed E-state index contributed by atoms with van der Waals surface area (Å²) < 4.78 is 1.94. The van der Waals surface area contributed by atoms with Crippen molar-refractivity contribution in [2.24, 2.45) is 13.0 Å². The second kappa shape index (κ2) is 4.99. The number of nitrogens with zero attached hydrogens (tertiary/aromatic N) is 1. The molecule has 90 valence electrons. The first kappa shape index (κ1) is 12.3. The minimum atomic E-state index is 0.623. The monoisotopic (exact) mass is 260 g/mol. The van der Waals surface area contributed by atoms with Crippen molar-refractivity contribution in [3.63, 3.8) is 0 Å². The number of hydrogen-bond acceptors (Lipinski definition) is 1. The van der Waals surface area contributed by atoms with E-state index in [1.807, 2.05) is 17.7 Å². The van der Waals surface area contributed by atoms with Gasteiger partial charge in [0.2, 0.25) is 0 Å². The highest BCUT2D eigenvalue weighted by molar-refractivity contribution is 6.41. The summed E-state index contributed by atoms with van der Waals surface area (Å²) in [6, 6.07) is 2.59. The van der Waals surface area contributed by atoms with Crippen LogP contribution in [0.5, 0.6) is 0 Å². The van der Waals surface area contributed by atoms with Gasteiger partial charge in [0, 0.05) is 25.3 Å². The molecule has 4 heteroatoms. The van der Waals surface area contributed by atoms with E-state index in [2.05, 4.69) is 12.2 Å². The molecule has 1 N–H and O–H groups in total. The highest BCUT2D eigenvalue weighted by Crippen LogP contribution is 2.27. The molecule has 2 nitrogen and oxygen atoms in total. The van der Waals surface area contributed by atoms with E-state index in [0.717, 1.165) is 18.2 Å². The standard InChI is InChI=1S/C12H18Cl2N2/c1-8-3-4-9(5-8)15-7-10-6-11(13)12(14)16(10)2/h6,8-9,15H,3-5,7H2,1-2H3. The molecule has 1 fully saturated rings. The van der Waals surface area contributed by atoms with Gasteiger partial charge in [0.1, 0.15) is 5.15 Å². The van der Waals surface area contributed by atoms with Gasteiger partial charge < -0.3 is 9.88 Å². The Hall–Kier alpha value is -0.180. The molecule has 2 unspecified atom stereocenters. The minimum absolute atomic E-state index is 0.623. The molecule has 0 radical (unpaired) electrons. The molecule has 16 heavy (non-hydrogen) atoms. The van der Waals surface area contributed by atoms with Crippen molar-refractivity contribution in [2.75, 3.05) is 0 Å². The van der Waals surface area contributed by atoms with Gasteiger partial charge in [0.15, 0.2) is 0 Å². The molecule has 1 aliphatic rings. The largest absolute Gasteiger partial charge is 0.336 e. The zero-order valence-corrected chi connectivity index (χ0v) is 11.3. The van der Waals surface area contributed by atoms with Crippen molar-refractivity contribution >= 4 is 23.2 Å². The van der Waals surface area contributed by atoms with Crippen LogP contribution >= 0.6 is 23.2 Å². The fourth-order valence-electron chi connectivity index (χ4n) is 2.40. The van der Waals surface area contributed by atoms with E-state index >= 15 is 0 Å². The highest BCUT2D eigenvalue weighted by Gasteiger charge is 2.21. The quantitative estimate of drug-likeness (QED) is 0.879. The summed E-state index contributed by atoms with van der Waals surface area (Å²) in [4.78, 5) is 0. The Morgan fingerprint density at radius 2 is 2.19 bits per heavy atom. The maximum Gasteiger partial charge on any atom is 0.127 e. The Bertz CT molecular complexity index is 373. The first-order valence-corrected chi connectivity index (χ1v) is 6.56. The lowest BCUT2D eigenvalue weighted by molar-refractivity contribution is 0.494. The maximum atomic E-state index is 6.02. The lowest BCUT2D eigenvalue weighted by Gasteiger charge is -2.12. The van der Waals surface area contributed by atoms with Crippen LogP contribution in [0.25, 0.3) is 0 Å². The van der Waals surface area contributed by atoms with E-state index in [0.29, 0.717) is 16.2 Å². The fourth-order valence-corrected chi connectivity index (χ4v) is 2.82. The number of aromatic nitrogens is 1. The summed E-state index contributed by atoms with van der Waals surface area (Å²) in [5, 5.41) is 4.83. The van der Waals surface area contributed by atoms with Crippen LogP contribution in [0.15, 0.2) is 6.07 Å². The van der Waals surface area contributed by atoms with Crippen LogP contribution in [0.3, 0.4) is 0 Å². The molecule has 1 saturated carbocycles. The van der Waals surface area contributed by atoms with Crippen molar-refractivity contribution in [1.29, 1.82) is 0 Å². The Morgan fingerprint density at radius 1 is 1.44 bits per heavy atom. The van der Waals surface area contributed by atoms with Crippen LogP contribution in [0.1, 0.15) is 31.9 Å². The SMILES string of the molecule is CC1CCC(NCc2cc(Cl)c(Cl)n2C)C1. The Balaban J connectivity index is 1.92. The van der Waals surface area contributed by atoms with Gasteiger partial charge in [0.25, 0.3) is 0 Å².